The smallest absolute Gasteiger partial charge is 0.335 e. The number of hydrogen-bond donors (Lipinski definition) is 6. The molecular formula is C36H56O10. The van der Waals surface area contributed by atoms with E-state index in [1.807, 2.05) is 6.92 Å². The first-order valence-electron chi connectivity index (χ1n) is 17.4. The molecule has 6 aliphatic rings. The number of hydrogen-bond acceptors (Lipinski definition) is 8. The van der Waals surface area contributed by atoms with Crippen LogP contribution < -0.4 is 0 Å². The van der Waals surface area contributed by atoms with Crippen LogP contribution in [0.3, 0.4) is 0 Å². The number of carboxylic acid groups (broad SMARTS) is 2. The van der Waals surface area contributed by atoms with Crippen molar-refractivity contribution >= 4 is 11.9 Å². The number of carboxylic acids is 2. The first-order chi connectivity index (χ1) is 21.3. The maximum absolute atomic E-state index is 12.9. The minimum absolute atomic E-state index is 0.0352. The van der Waals surface area contributed by atoms with Gasteiger partial charge in [-0.15, -0.1) is 0 Å². The van der Waals surface area contributed by atoms with Gasteiger partial charge in [-0.25, -0.2) is 4.79 Å². The Kier molecular flexibility index (Phi) is 8.18. The van der Waals surface area contributed by atoms with E-state index < -0.39 is 59.6 Å². The molecule has 6 rings (SSSR count). The standard InChI is InChI=1S/C36H56O10/c1-31(2)13-15-36(30(43)44)16-14-34(5)19(20(36)17-31)7-8-22-32(3)11-10-23(33(4,18-37)21(32)9-12-35(22,34)6)45-29-26(40)24(38)25(39)27(46-29)28(41)42/h7,20-27,29,37-40H,8-18H2,1-6H3,(H,41,42)(H,43,44)/t20-,21+,22-,23+,24+,25+,26-,27+,29-,32+,33+,34-,35-,36+/m1/s1. The quantitative estimate of drug-likeness (QED) is 0.188. The van der Waals surface area contributed by atoms with Crippen molar-refractivity contribution in [1.82, 2.24) is 0 Å². The van der Waals surface area contributed by atoms with Crippen molar-refractivity contribution in [3.05, 3.63) is 11.6 Å². The summed E-state index contributed by atoms with van der Waals surface area (Å²) >= 11 is 0. The van der Waals surface area contributed by atoms with Gasteiger partial charge in [0.15, 0.2) is 12.4 Å². The van der Waals surface area contributed by atoms with Gasteiger partial charge in [0.25, 0.3) is 0 Å². The van der Waals surface area contributed by atoms with Crippen LogP contribution in [0, 0.1) is 50.2 Å². The Morgan fingerprint density at radius 2 is 1.54 bits per heavy atom. The van der Waals surface area contributed by atoms with E-state index in [1.54, 1.807) is 0 Å². The highest BCUT2D eigenvalue weighted by Gasteiger charge is 2.70. The van der Waals surface area contributed by atoms with Crippen LogP contribution in [0.25, 0.3) is 0 Å². The van der Waals surface area contributed by atoms with E-state index in [2.05, 4.69) is 40.7 Å². The Bertz CT molecular complexity index is 1280. The van der Waals surface area contributed by atoms with Crippen molar-refractivity contribution < 1.29 is 49.7 Å². The normalized spacial score (nSPS) is 53.1. The average Bonchev–Trinajstić information content (AvgIpc) is 2.98. The van der Waals surface area contributed by atoms with E-state index in [-0.39, 0.29) is 40.1 Å². The van der Waals surface area contributed by atoms with E-state index in [0.29, 0.717) is 18.8 Å². The summed E-state index contributed by atoms with van der Waals surface area (Å²) in [6.45, 7) is 13.6. The van der Waals surface area contributed by atoms with Gasteiger partial charge in [0, 0.05) is 5.41 Å². The van der Waals surface area contributed by atoms with Crippen LogP contribution in [-0.4, -0.2) is 86.0 Å². The molecule has 1 aliphatic heterocycles. The molecule has 10 heteroatoms. The number of aliphatic hydroxyl groups excluding tert-OH is 4. The number of fused-ring (bicyclic) bond motifs is 7. The highest BCUT2D eigenvalue weighted by molar-refractivity contribution is 5.76. The molecule has 0 bridgehead atoms. The summed E-state index contributed by atoms with van der Waals surface area (Å²) in [6.07, 6.45) is 1.53. The van der Waals surface area contributed by atoms with Gasteiger partial charge in [0.1, 0.15) is 18.3 Å². The van der Waals surface area contributed by atoms with Gasteiger partial charge in [-0.3, -0.25) is 4.79 Å². The summed E-state index contributed by atoms with van der Waals surface area (Å²) in [6, 6.07) is 0. The van der Waals surface area contributed by atoms with Crippen molar-refractivity contribution in [1.29, 1.82) is 0 Å². The van der Waals surface area contributed by atoms with Gasteiger partial charge in [-0.1, -0.05) is 53.2 Å². The number of rotatable bonds is 5. The maximum Gasteiger partial charge on any atom is 0.335 e. The third-order valence-corrected chi connectivity index (χ3v) is 15.3. The zero-order valence-electron chi connectivity index (χ0n) is 28.4. The van der Waals surface area contributed by atoms with Gasteiger partial charge in [0.2, 0.25) is 0 Å². The first-order valence-corrected chi connectivity index (χ1v) is 17.4. The van der Waals surface area contributed by atoms with E-state index in [0.717, 1.165) is 51.4 Å². The van der Waals surface area contributed by atoms with E-state index >= 15 is 0 Å². The lowest BCUT2D eigenvalue weighted by atomic mass is 9.33. The van der Waals surface area contributed by atoms with Crippen LogP contribution in [-0.2, 0) is 19.1 Å². The molecule has 1 saturated heterocycles. The summed E-state index contributed by atoms with van der Waals surface area (Å²) in [5.41, 5.74) is -0.309. The monoisotopic (exact) mass is 648 g/mol. The Morgan fingerprint density at radius 3 is 2.17 bits per heavy atom. The Balaban J connectivity index is 1.31. The van der Waals surface area contributed by atoms with Crippen molar-refractivity contribution in [3.63, 3.8) is 0 Å². The van der Waals surface area contributed by atoms with Crippen molar-refractivity contribution in [3.8, 4) is 0 Å². The Morgan fingerprint density at radius 1 is 0.870 bits per heavy atom. The first kappa shape index (κ1) is 34.3. The Labute approximate surface area is 272 Å². The number of aliphatic carboxylic acids is 2. The molecule has 260 valence electrons. The lowest BCUT2D eigenvalue weighted by Gasteiger charge is -2.71. The van der Waals surface area contributed by atoms with Gasteiger partial charge in [-0.05, 0) is 104 Å². The second kappa shape index (κ2) is 11.0. The third-order valence-electron chi connectivity index (χ3n) is 15.3. The second-order valence-electron chi connectivity index (χ2n) is 17.7. The molecule has 0 aromatic carbocycles. The van der Waals surface area contributed by atoms with Crippen LogP contribution in [0.4, 0.5) is 0 Å². The fourth-order valence-electron chi connectivity index (χ4n) is 12.2. The zero-order chi connectivity index (χ0) is 33.8. The predicted octanol–water partition coefficient (Wildman–Crippen LogP) is 4.12. The lowest BCUT2D eigenvalue weighted by molar-refractivity contribution is -0.327. The van der Waals surface area contributed by atoms with Crippen molar-refractivity contribution in [2.24, 2.45) is 50.2 Å². The zero-order valence-corrected chi connectivity index (χ0v) is 28.4. The molecule has 4 saturated carbocycles. The fourth-order valence-corrected chi connectivity index (χ4v) is 12.2. The fraction of sp³-hybridized carbons (Fsp3) is 0.889. The van der Waals surface area contributed by atoms with Crippen LogP contribution in [0.15, 0.2) is 11.6 Å². The highest BCUT2D eigenvalue weighted by Crippen LogP contribution is 2.76. The minimum Gasteiger partial charge on any atom is -0.481 e. The van der Waals surface area contributed by atoms with Crippen molar-refractivity contribution in [2.75, 3.05) is 6.61 Å². The average molecular weight is 649 g/mol. The van der Waals surface area contributed by atoms with Gasteiger partial charge < -0.3 is 40.1 Å². The minimum atomic E-state index is -1.80. The number of allylic oxidation sites excluding steroid dienone is 2. The SMILES string of the molecule is CC1(C)CC[C@]2(C(=O)O)CC[C@]3(C)C(=CC[C@@H]4[C@@]5(C)CC[C@H](O[C@@H]6O[C@H](C(=O)O)[C@@H](O)[C@H](O)[C@H]6O)[C@@](C)(CO)[C@H]5CC[C@]43C)[C@H]2C1. The summed E-state index contributed by atoms with van der Waals surface area (Å²) in [5, 5.41) is 62.4. The van der Waals surface area contributed by atoms with E-state index in [4.69, 9.17) is 9.47 Å². The molecule has 0 spiro atoms. The largest absolute Gasteiger partial charge is 0.481 e. The van der Waals surface area contributed by atoms with E-state index in [1.165, 1.54) is 5.57 Å². The van der Waals surface area contributed by atoms with Gasteiger partial charge in [0.05, 0.1) is 18.1 Å². The molecule has 10 nitrogen and oxygen atoms in total. The molecule has 6 N–H and O–H groups in total. The molecule has 5 aliphatic carbocycles. The maximum atomic E-state index is 12.9. The number of aliphatic hydroxyl groups is 4. The topological polar surface area (TPSA) is 174 Å². The second-order valence-corrected chi connectivity index (χ2v) is 17.7. The van der Waals surface area contributed by atoms with E-state index in [9.17, 15) is 40.2 Å². The summed E-state index contributed by atoms with van der Waals surface area (Å²) in [5.74, 6) is -1.70. The molecule has 1 heterocycles. The van der Waals surface area contributed by atoms with Crippen LogP contribution in [0.1, 0.15) is 106 Å². The number of ether oxygens (including phenoxy) is 2. The molecule has 0 amide bonds. The molecule has 0 unspecified atom stereocenters. The lowest BCUT2D eigenvalue weighted by Crippen LogP contribution is -2.67. The molecule has 46 heavy (non-hydrogen) atoms. The third kappa shape index (κ3) is 4.56. The van der Waals surface area contributed by atoms with Gasteiger partial charge >= 0.3 is 11.9 Å². The predicted molar refractivity (Wildman–Crippen MR) is 167 cm³/mol. The van der Waals surface area contributed by atoms with Crippen molar-refractivity contribution in [2.45, 2.75) is 143 Å². The summed E-state index contributed by atoms with van der Waals surface area (Å²) in [4.78, 5) is 24.7. The Hall–Kier alpha value is -1.56. The molecule has 0 aromatic rings. The molecule has 5 fully saturated rings. The van der Waals surface area contributed by atoms with Gasteiger partial charge in [-0.2, -0.15) is 0 Å². The molecule has 0 radical (unpaired) electrons. The van der Waals surface area contributed by atoms with Crippen LogP contribution in [0.2, 0.25) is 0 Å². The highest BCUT2D eigenvalue weighted by atomic mass is 16.7. The van der Waals surface area contributed by atoms with Crippen LogP contribution >= 0.6 is 0 Å². The summed E-state index contributed by atoms with van der Waals surface area (Å²) < 4.78 is 11.8. The molecule has 14 atom stereocenters. The van der Waals surface area contributed by atoms with Crippen LogP contribution in [0.5, 0.6) is 0 Å². The summed E-state index contributed by atoms with van der Waals surface area (Å²) in [7, 11) is 0. The molecular weight excluding hydrogens is 592 g/mol. The molecule has 0 aromatic heterocycles. The number of carbonyl (C=O) groups is 2.